The third kappa shape index (κ3) is 1.86. The van der Waals surface area contributed by atoms with Crippen molar-refractivity contribution in [3.63, 3.8) is 0 Å². The molecule has 2 rings (SSSR count). The van der Waals surface area contributed by atoms with Crippen LogP contribution in [-0.2, 0) is 4.79 Å². The Morgan fingerprint density at radius 2 is 2.24 bits per heavy atom. The Balaban J connectivity index is 2.54. The van der Waals surface area contributed by atoms with E-state index in [4.69, 9.17) is 14.6 Å². The number of benzene rings is 1. The zero-order valence-electron chi connectivity index (χ0n) is 8.87. The van der Waals surface area contributed by atoms with Gasteiger partial charge in [-0.15, -0.1) is 0 Å². The summed E-state index contributed by atoms with van der Waals surface area (Å²) in [4.78, 5) is 21.0. The average molecular weight is 239 g/mol. The number of hydrogen-bond donors (Lipinski definition) is 1. The summed E-state index contributed by atoms with van der Waals surface area (Å²) < 4.78 is 10.0. The summed E-state index contributed by atoms with van der Waals surface area (Å²) in [5.41, 5.74) is 0.0385. The number of carbonyl (C=O) groups is 1. The lowest BCUT2D eigenvalue weighted by Crippen LogP contribution is -2.07. The van der Waals surface area contributed by atoms with Crippen LogP contribution in [-0.4, -0.2) is 22.8 Å². The minimum Gasteiger partial charge on any atom is -0.481 e. The van der Waals surface area contributed by atoms with E-state index in [1.54, 1.807) is 0 Å². The highest BCUT2D eigenvalue weighted by Crippen LogP contribution is 2.42. The fourth-order valence-corrected chi connectivity index (χ4v) is 1.54. The van der Waals surface area contributed by atoms with Gasteiger partial charge >= 0.3 is 11.7 Å². The number of fused-ring (bicyclic) bond motifs is 1. The molecular weight excluding hydrogens is 230 g/mol. The van der Waals surface area contributed by atoms with Crippen molar-refractivity contribution in [2.24, 2.45) is 0 Å². The number of aliphatic carboxylic acids is 1. The molecule has 0 saturated carbocycles. The van der Waals surface area contributed by atoms with Gasteiger partial charge in [0, 0.05) is 6.07 Å². The molecule has 0 bridgehead atoms. The van der Waals surface area contributed by atoms with Gasteiger partial charge in [-0.25, -0.2) is 0 Å². The van der Waals surface area contributed by atoms with Crippen LogP contribution in [0.25, 0.3) is 0 Å². The van der Waals surface area contributed by atoms with Crippen LogP contribution in [0.3, 0.4) is 0 Å². The molecule has 1 aromatic rings. The second-order valence-electron chi connectivity index (χ2n) is 3.59. The van der Waals surface area contributed by atoms with Crippen LogP contribution in [0.1, 0.15) is 18.4 Å². The highest BCUT2D eigenvalue weighted by molar-refractivity contribution is 5.77. The Kier molecular flexibility index (Phi) is 2.58. The van der Waals surface area contributed by atoms with Gasteiger partial charge in [0.2, 0.25) is 12.5 Å². The smallest absolute Gasteiger partial charge is 0.315 e. The number of ether oxygens (including phenoxy) is 2. The molecule has 17 heavy (non-hydrogen) atoms. The van der Waals surface area contributed by atoms with E-state index in [-0.39, 0.29) is 24.0 Å². The lowest BCUT2D eigenvalue weighted by atomic mass is 10.00. The van der Waals surface area contributed by atoms with Gasteiger partial charge < -0.3 is 14.6 Å². The number of nitro groups is 1. The van der Waals surface area contributed by atoms with Crippen molar-refractivity contribution in [3.05, 3.63) is 27.8 Å². The van der Waals surface area contributed by atoms with E-state index in [0.717, 1.165) is 0 Å². The molecule has 0 amide bonds. The number of rotatable bonds is 3. The summed E-state index contributed by atoms with van der Waals surface area (Å²) in [6.07, 6.45) is 0. The molecule has 1 aliphatic heterocycles. The molecule has 7 heteroatoms. The lowest BCUT2D eigenvalue weighted by molar-refractivity contribution is -0.385. The highest BCUT2D eigenvalue weighted by Gasteiger charge is 2.29. The van der Waals surface area contributed by atoms with E-state index >= 15 is 0 Å². The average Bonchev–Trinajstić information content (AvgIpc) is 2.73. The molecule has 0 fully saturated rings. The van der Waals surface area contributed by atoms with Crippen LogP contribution in [0.5, 0.6) is 11.5 Å². The van der Waals surface area contributed by atoms with Crippen molar-refractivity contribution in [3.8, 4) is 11.5 Å². The Labute approximate surface area is 95.7 Å². The first-order chi connectivity index (χ1) is 8.00. The maximum Gasteiger partial charge on any atom is 0.315 e. The van der Waals surface area contributed by atoms with Crippen molar-refractivity contribution >= 4 is 11.7 Å². The first-order valence-electron chi connectivity index (χ1n) is 4.81. The molecule has 1 aromatic carbocycles. The molecule has 0 aliphatic carbocycles. The maximum absolute atomic E-state index is 10.8. The lowest BCUT2D eigenvalue weighted by Gasteiger charge is -2.07. The van der Waals surface area contributed by atoms with Gasteiger partial charge in [0.05, 0.1) is 10.8 Å². The van der Waals surface area contributed by atoms with Crippen LogP contribution in [0, 0.1) is 10.1 Å². The predicted octanol–water partition coefficient (Wildman–Crippen LogP) is 1.51. The molecule has 1 N–H and O–H groups in total. The van der Waals surface area contributed by atoms with Gasteiger partial charge in [-0.3, -0.25) is 14.9 Å². The molecule has 90 valence electrons. The molecule has 0 spiro atoms. The normalized spacial score (nSPS) is 14.4. The van der Waals surface area contributed by atoms with Crippen molar-refractivity contribution < 1.29 is 24.3 Å². The second kappa shape index (κ2) is 3.93. The number of nitrogens with zero attached hydrogens (tertiary/aromatic N) is 1. The summed E-state index contributed by atoms with van der Waals surface area (Å²) in [5.74, 6) is -1.64. The molecular formula is C10H9NO6. The zero-order chi connectivity index (χ0) is 12.6. The first kappa shape index (κ1) is 11.2. The SMILES string of the molecule is CC(C(=O)O)c1cc2c(c([N+](=O)[O-])c1)OCO2. The van der Waals surface area contributed by atoms with Gasteiger partial charge in [-0.1, -0.05) is 0 Å². The fraction of sp³-hybridized carbons (Fsp3) is 0.300. The molecule has 0 saturated heterocycles. The summed E-state index contributed by atoms with van der Waals surface area (Å²) in [7, 11) is 0. The minimum absolute atomic E-state index is 0.0522. The van der Waals surface area contributed by atoms with Crippen LogP contribution in [0.2, 0.25) is 0 Å². The van der Waals surface area contributed by atoms with E-state index in [9.17, 15) is 14.9 Å². The Bertz CT molecular complexity index is 498. The summed E-state index contributed by atoms with van der Waals surface area (Å²) >= 11 is 0. The first-order valence-corrected chi connectivity index (χ1v) is 4.81. The number of carboxylic acid groups (broad SMARTS) is 1. The minimum atomic E-state index is -1.06. The van der Waals surface area contributed by atoms with E-state index < -0.39 is 16.8 Å². The summed E-state index contributed by atoms with van der Waals surface area (Å²) in [5, 5.41) is 19.7. The molecule has 0 aromatic heterocycles. The summed E-state index contributed by atoms with van der Waals surface area (Å²) in [6.45, 7) is 1.35. The zero-order valence-corrected chi connectivity index (χ0v) is 8.87. The van der Waals surface area contributed by atoms with Gasteiger partial charge in [-0.05, 0) is 18.6 Å². The number of carboxylic acids is 1. The van der Waals surface area contributed by atoms with Gasteiger partial charge in [0.1, 0.15) is 0 Å². The number of nitro benzene ring substituents is 1. The molecule has 0 radical (unpaired) electrons. The van der Waals surface area contributed by atoms with E-state index in [1.165, 1.54) is 19.1 Å². The largest absolute Gasteiger partial charge is 0.481 e. The Morgan fingerprint density at radius 3 is 2.82 bits per heavy atom. The van der Waals surface area contributed by atoms with Crippen molar-refractivity contribution in [1.29, 1.82) is 0 Å². The monoisotopic (exact) mass is 239 g/mol. The maximum atomic E-state index is 10.8. The Morgan fingerprint density at radius 1 is 1.53 bits per heavy atom. The molecule has 1 atom stereocenters. The topological polar surface area (TPSA) is 98.9 Å². The quantitative estimate of drug-likeness (QED) is 0.634. The van der Waals surface area contributed by atoms with E-state index in [0.29, 0.717) is 5.56 Å². The van der Waals surface area contributed by atoms with Gasteiger partial charge in [0.25, 0.3) is 0 Å². The third-order valence-electron chi connectivity index (χ3n) is 2.54. The summed E-state index contributed by atoms with van der Waals surface area (Å²) in [6, 6.07) is 2.65. The van der Waals surface area contributed by atoms with E-state index in [2.05, 4.69) is 0 Å². The van der Waals surface area contributed by atoms with Crippen molar-refractivity contribution in [2.75, 3.05) is 6.79 Å². The molecule has 1 aliphatic rings. The highest BCUT2D eigenvalue weighted by atomic mass is 16.7. The van der Waals surface area contributed by atoms with Gasteiger partial charge in [0.15, 0.2) is 5.75 Å². The van der Waals surface area contributed by atoms with Crippen LogP contribution in [0.15, 0.2) is 12.1 Å². The van der Waals surface area contributed by atoms with Crippen LogP contribution in [0.4, 0.5) is 5.69 Å². The van der Waals surface area contributed by atoms with Crippen LogP contribution >= 0.6 is 0 Å². The van der Waals surface area contributed by atoms with Crippen molar-refractivity contribution in [1.82, 2.24) is 0 Å². The third-order valence-corrected chi connectivity index (χ3v) is 2.54. The van der Waals surface area contributed by atoms with Gasteiger partial charge in [-0.2, -0.15) is 0 Å². The fourth-order valence-electron chi connectivity index (χ4n) is 1.54. The number of hydrogen-bond acceptors (Lipinski definition) is 5. The van der Waals surface area contributed by atoms with Crippen LogP contribution < -0.4 is 9.47 Å². The predicted molar refractivity (Wildman–Crippen MR) is 55.3 cm³/mol. The molecule has 7 nitrogen and oxygen atoms in total. The molecule has 1 heterocycles. The van der Waals surface area contributed by atoms with E-state index in [1.807, 2.05) is 0 Å². The second-order valence-corrected chi connectivity index (χ2v) is 3.59. The standard InChI is InChI=1S/C10H9NO6/c1-5(10(12)13)6-2-7(11(14)15)9-8(3-6)16-4-17-9/h2-3,5H,4H2,1H3,(H,12,13). The Hall–Kier alpha value is -2.31. The molecule has 1 unspecified atom stereocenters. The van der Waals surface area contributed by atoms with Crippen molar-refractivity contribution in [2.45, 2.75) is 12.8 Å².